The molecular formula is C9H14O. The maximum absolute atomic E-state index is 9.64. The minimum atomic E-state index is -0.0150. The normalized spacial score (nSPS) is 45.5. The van der Waals surface area contributed by atoms with Crippen molar-refractivity contribution >= 4 is 0 Å². The highest BCUT2D eigenvalue weighted by molar-refractivity contribution is 5.03. The van der Waals surface area contributed by atoms with E-state index >= 15 is 0 Å². The molecule has 2 aliphatic carbocycles. The van der Waals surface area contributed by atoms with Gasteiger partial charge in [-0.1, -0.05) is 18.6 Å². The fraction of sp³-hybridized carbons (Fsp3) is 0.778. The summed E-state index contributed by atoms with van der Waals surface area (Å²) in [4.78, 5) is 0. The summed E-state index contributed by atoms with van der Waals surface area (Å²) in [6, 6.07) is 0. The average molecular weight is 138 g/mol. The van der Waals surface area contributed by atoms with E-state index in [9.17, 15) is 5.11 Å². The summed E-state index contributed by atoms with van der Waals surface area (Å²) in [6.45, 7) is 0. The molecule has 0 radical (unpaired) electrons. The van der Waals surface area contributed by atoms with Crippen molar-refractivity contribution in [2.24, 2.45) is 11.8 Å². The molecule has 1 heteroatoms. The first-order valence-corrected chi connectivity index (χ1v) is 4.22. The summed E-state index contributed by atoms with van der Waals surface area (Å²) in [7, 11) is 0. The van der Waals surface area contributed by atoms with Crippen LogP contribution in [0.4, 0.5) is 0 Å². The Kier molecular flexibility index (Phi) is 1.53. The zero-order chi connectivity index (χ0) is 6.97. The van der Waals surface area contributed by atoms with Crippen molar-refractivity contribution in [2.75, 3.05) is 0 Å². The fourth-order valence-corrected chi connectivity index (χ4v) is 2.20. The van der Waals surface area contributed by atoms with Gasteiger partial charge in [0.15, 0.2) is 0 Å². The van der Waals surface area contributed by atoms with Gasteiger partial charge in [-0.25, -0.2) is 0 Å². The van der Waals surface area contributed by atoms with Crippen LogP contribution in [0.5, 0.6) is 0 Å². The van der Waals surface area contributed by atoms with E-state index in [0.29, 0.717) is 11.8 Å². The molecule has 0 aromatic heterocycles. The Balaban J connectivity index is 2.17. The van der Waals surface area contributed by atoms with Gasteiger partial charge in [-0.2, -0.15) is 0 Å². The number of aliphatic hydroxyl groups excluding tert-OH is 1. The molecule has 0 saturated heterocycles. The van der Waals surface area contributed by atoms with Crippen molar-refractivity contribution in [2.45, 2.75) is 31.8 Å². The molecule has 1 nitrogen and oxygen atoms in total. The fourth-order valence-electron chi connectivity index (χ4n) is 2.20. The third kappa shape index (κ3) is 0.891. The highest BCUT2D eigenvalue weighted by atomic mass is 16.3. The lowest BCUT2D eigenvalue weighted by Crippen LogP contribution is -2.34. The summed E-state index contributed by atoms with van der Waals surface area (Å²) >= 11 is 0. The third-order valence-corrected chi connectivity index (χ3v) is 2.86. The predicted molar refractivity (Wildman–Crippen MR) is 40.6 cm³/mol. The zero-order valence-corrected chi connectivity index (χ0v) is 6.16. The van der Waals surface area contributed by atoms with E-state index in [2.05, 4.69) is 12.2 Å². The second kappa shape index (κ2) is 2.39. The lowest BCUT2D eigenvalue weighted by molar-refractivity contribution is 0.0315. The van der Waals surface area contributed by atoms with Gasteiger partial charge in [-0.05, 0) is 25.2 Å². The van der Waals surface area contributed by atoms with Crippen LogP contribution in [0.3, 0.4) is 0 Å². The van der Waals surface area contributed by atoms with Crippen LogP contribution in [0.25, 0.3) is 0 Å². The molecule has 0 aliphatic heterocycles. The molecule has 1 saturated carbocycles. The molecule has 2 rings (SSSR count). The summed E-state index contributed by atoms with van der Waals surface area (Å²) in [5.74, 6) is 1.08. The van der Waals surface area contributed by atoms with Crippen LogP contribution < -0.4 is 0 Å². The highest BCUT2D eigenvalue weighted by Gasteiger charge is 2.31. The molecule has 2 aliphatic rings. The molecule has 0 heterocycles. The Morgan fingerprint density at radius 2 is 2.20 bits per heavy atom. The van der Waals surface area contributed by atoms with E-state index < -0.39 is 0 Å². The Morgan fingerprint density at radius 3 is 2.90 bits per heavy atom. The maximum atomic E-state index is 9.64. The number of allylic oxidation sites excluding steroid dienone is 1. The molecule has 0 unspecified atom stereocenters. The Labute approximate surface area is 61.8 Å². The van der Waals surface area contributed by atoms with Gasteiger partial charge in [0.1, 0.15) is 0 Å². The van der Waals surface area contributed by atoms with E-state index in [-0.39, 0.29) is 6.10 Å². The topological polar surface area (TPSA) is 20.2 Å². The second-order valence-corrected chi connectivity index (χ2v) is 3.51. The molecule has 1 N–H and O–H groups in total. The van der Waals surface area contributed by atoms with E-state index in [1.165, 1.54) is 19.3 Å². The van der Waals surface area contributed by atoms with Crippen molar-refractivity contribution in [1.29, 1.82) is 0 Å². The van der Waals surface area contributed by atoms with Gasteiger partial charge >= 0.3 is 0 Å². The summed E-state index contributed by atoms with van der Waals surface area (Å²) in [5, 5.41) is 9.64. The summed E-state index contributed by atoms with van der Waals surface area (Å²) in [5.41, 5.74) is 0. The van der Waals surface area contributed by atoms with Crippen LogP contribution >= 0.6 is 0 Å². The minimum absolute atomic E-state index is 0.0150. The monoisotopic (exact) mass is 138 g/mol. The van der Waals surface area contributed by atoms with Gasteiger partial charge in [0, 0.05) is 5.92 Å². The molecule has 0 aromatic rings. The molecule has 0 aromatic carbocycles. The summed E-state index contributed by atoms with van der Waals surface area (Å²) in [6.07, 6.45) is 9.28. The predicted octanol–water partition coefficient (Wildman–Crippen LogP) is 1.72. The molecule has 0 spiro atoms. The third-order valence-electron chi connectivity index (χ3n) is 2.86. The van der Waals surface area contributed by atoms with Crippen molar-refractivity contribution < 1.29 is 5.11 Å². The van der Waals surface area contributed by atoms with Gasteiger partial charge in [-0.3, -0.25) is 0 Å². The average Bonchev–Trinajstić information content (AvgIpc) is 1.86. The van der Waals surface area contributed by atoms with Crippen LogP contribution in [0, 0.1) is 11.8 Å². The Morgan fingerprint density at radius 1 is 1.30 bits per heavy atom. The molecular weight excluding hydrogens is 124 g/mol. The molecule has 2 bridgehead atoms. The van der Waals surface area contributed by atoms with Gasteiger partial charge < -0.3 is 5.11 Å². The van der Waals surface area contributed by atoms with Crippen LogP contribution in [0.1, 0.15) is 25.7 Å². The Hall–Kier alpha value is -0.300. The van der Waals surface area contributed by atoms with E-state index in [4.69, 9.17) is 0 Å². The van der Waals surface area contributed by atoms with Gasteiger partial charge in [0.25, 0.3) is 0 Å². The van der Waals surface area contributed by atoms with Gasteiger partial charge in [0.2, 0.25) is 0 Å². The van der Waals surface area contributed by atoms with Crippen molar-refractivity contribution in [3.8, 4) is 0 Å². The summed E-state index contributed by atoms with van der Waals surface area (Å²) < 4.78 is 0. The second-order valence-electron chi connectivity index (χ2n) is 3.51. The maximum Gasteiger partial charge on any atom is 0.0633 e. The first-order valence-electron chi connectivity index (χ1n) is 4.22. The van der Waals surface area contributed by atoms with Crippen LogP contribution in [-0.2, 0) is 0 Å². The SMILES string of the molecule is O[C@H]1[C@H]2CC=C[C@@H]1CCC2. The van der Waals surface area contributed by atoms with Crippen molar-refractivity contribution in [1.82, 2.24) is 0 Å². The van der Waals surface area contributed by atoms with Crippen LogP contribution in [-0.4, -0.2) is 11.2 Å². The Bertz CT molecular complexity index is 151. The lowest BCUT2D eigenvalue weighted by Gasteiger charge is -2.35. The number of hydrogen-bond donors (Lipinski definition) is 1. The van der Waals surface area contributed by atoms with E-state index in [0.717, 1.165) is 6.42 Å². The van der Waals surface area contributed by atoms with E-state index in [1.807, 2.05) is 0 Å². The van der Waals surface area contributed by atoms with Crippen LogP contribution in [0.15, 0.2) is 12.2 Å². The smallest absolute Gasteiger partial charge is 0.0633 e. The molecule has 56 valence electrons. The highest BCUT2D eigenvalue weighted by Crippen LogP contribution is 2.35. The van der Waals surface area contributed by atoms with Crippen molar-refractivity contribution in [3.63, 3.8) is 0 Å². The molecule has 1 fully saturated rings. The van der Waals surface area contributed by atoms with Gasteiger partial charge in [-0.15, -0.1) is 0 Å². The zero-order valence-electron chi connectivity index (χ0n) is 6.16. The number of aliphatic hydroxyl groups is 1. The first kappa shape index (κ1) is 6.41. The quantitative estimate of drug-likeness (QED) is 0.505. The number of fused-ring (bicyclic) bond motifs is 2. The molecule has 3 atom stereocenters. The number of rotatable bonds is 0. The lowest BCUT2D eigenvalue weighted by atomic mass is 9.74. The first-order chi connectivity index (χ1) is 4.88. The van der Waals surface area contributed by atoms with E-state index in [1.54, 1.807) is 0 Å². The standard InChI is InChI=1S/C9H14O/c10-9-7-3-1-4-8(9)6-2-5-7/h1,3,7-10H,2,4-6H2/t7-,8+,9-/m1/s1. The number of hydrogen-bond acceptors (Lipinski definition) is 1. The molecule has 0 amide bonds. The minimum Gasteiger partial charge on any atom is -0.392 e. The van der Waals surface area contributed by atoms with Gasteiger partial charge in [0.05, 0.1) is 6.10 Å². The van der Waals surface area contributed by atoms with Crippen LogP contribution in [0.2, 0.25) is 0 Å². The molecule has 10 heavy (non-hydrogen) atoms. The van der Waals surface area contributed by atoms with Crippen molar-refractivity contribution in [3.05, 3.63) is 12.2 Å². The largest absolute Gasteiger partial charge is 0.392 e.